The SMILES string of the molecule is COc1nccc(I)c1C(=O)NC1CCOC1. The number of methoxy groups -OCH3 is 1. The summed E-state index contributed by atoms with van der Waals surface area (Å²) in [4.78, 5) is 16.1. The van der Waals surface area contributed by atoms with Crippen LogP contribution in [0.3, 0.4) is 0 Å². The highest BCUT2D eigenvalue weighted by molar-refractivity contribution is 14.1. The van der Waals surface area contributed by atoms with Crippen molar-refractivity contribution in [3.63, 3.8) is 0 Å². The lowest BCUT2D eigenvalue weighted by molar-refractivity contribution is 0.0925. The van der Waals surface area contributed by atoms with Crippen LogP contribution in [-0.4, -0.2) is 37.3 Å². The third kappa shape index (κ3) is 2.86. The Morgan fingerprint density at radius 3 is 3.18 bits per heavy atom. The van der Waals surface area contributed by atoms with Gasteiger partial charge in [0, 0.05) is 16.4 Å². The minimum atomic E-state index is -0.158. The summed E-state index contributed by atoms with van der Waals surface area (Å²) in [6.07, 6.45) is 2.47. The topological polar surface area (TPSA) is 60.5 Å². The Morgan fingerprint density at radius 1 is 1.71 bits per heavy atom. The largest absolute Gasteiger partial charge is 0.480 e. The van der Waals surface area contributed by atoms with Crippen LogP contribution >= 0.6 is 22.6 Å². The summed E-state index contributed by atoms with van der Waals surface area (Å²) >= 11 is 2.10. The third-order valence-electron chi connectivity index (χ3n) is 2.55. The van der Waals surface area contributed by atoms with Crippen LogP contribution in [0.2, 0.25) is 0 Å². The van der Waals surface area contributed by atoms with Gasteiger partial charge >= 0.3 is 0 Å². The van der Waals surface area contributed by atoms with Gasteiger partial charge < -0.3 is 14.8 Å². The molecule has 0 aliphatic carbocycles. The number of hydrogen-bond donors (Lipinski definition) is 1. The molecule has 1 aromatic heterocycles. The van der Waals surface area contributed by atoms with Crippen LogP contribution < -0.4 is 10.1 Å². The molecular formula is C11H13IN2O3. The number of aromatic nitrogens is 1. The lowest BCUT2D eigenvalue weighted by atomic mass is 10.2. The fourth-order valence-electron chi connectivity index (χ4n) is 1.69. The van der Waals surface area contributed by atoms with Crippen LogP contribution in [0.4, 0.5) is 0 Å². The summed E-state index contributed by atoms with van der Waals surface area (Å²) in [5.41, 5.74) is 0.488. The van der Waals surface area contributed by atoms with Crippen molar-refractivity contribution in [3.8, 4) is 5.88 Å². The summed E-state index contributed by atoms with van der Waals surface area (Å²) in [5.74, 6) is 0.197. The summed E-state index contributed by atoms with van der Waals surface area (Å²) in [6.45, 7) is 1.27. The molecule has 2 rings (SSSR count). The van der Waals surface area contributed by atoms with Gasteiger partial charge in [0.05, 0.1) is 19.8 Å². The Labute approximate surface area is 113 Å². The van der Waals surface area contributed by atoms with E-state index in [2.05, 4.69) is 32.9 Å². The van der Waals surface area contributed by atoms with Gasteiger partial charge in [0.25, 0.3) is 5.91 Å². The maximum absolute atomic E-state index is 12.1. The number of amides is 1. The molecule has 6 heteroatoms. The van der Waals surface area contributed by atoms with Crippen molar-refractivity contribution < 1.29 is 14.3 Å². The monoisotopic (exact) mass is 348 g/mol. The molecule has 1 aliphatic heterocycles. The Bertz CT molecular complexity index is 419. The molecule has 2 heterocycles. The highest BCUT2D eigenvalue weighted by atomic mass is 127. The molecule has 1 atom stereocenters. The van der Waals surface area contributed by atoms with Crippen LogP contribution in [0.5, 0.6) is 5.88 Å². The highest BCUT2D eigenvalue weighted by Gasteiger charge is 2.22. The quantitative estimate of drug-likeness (QED) is 0.835. The molecule has 1 amide bonds. The smallest absolute Gasteiger partial charge is 0.258 e. The maximum Gasteiger partial charge on any atom is 0.258 e. The minimum absolute atomic E-state index is 0.0863. The normalized spacial score (nSPS) is 19.1. The highest BCUT2D eigenvalue weighted by Crippen LogP contribution is 2.21. The van der Waals surface area contributed by atoms with E-state index in [1.165, 1.54) is 7.11 Å². The number of hydrogen-bond acceptors (Lipinski definition) is 4. The third-order valence-corrected chi connectivity index (χ3v) is 3.45. The molecule has 1 aliphatic rings. The van der Waals surface area contributed by atoms with E-state index in [9.17, 15) is 4.79 Å². The van der Waals surface area contributed by atoms with Gasteiger partial charge in [0.1, 0.15) is 5.56 Å². The predicted octanol–water partition coefficient (Wildman–Crippen LogP) is 1.21. The van der Waals surface area contributed by atoms with E-state index in [-0.39, 0.29) is 11.9 Å². The van der Waals surface area contributed by atoms with E-state index in [1.54, 1.807) is 12.3 Å². The van der Waals surface area contributed by atoms with Crippen molar-refractivity contribution in [2.75, 3.05) is 20.3 Å². The Morgan fingerprint density at radius 2 is 2.53 bits per heavy atom. The first-order valence-corrected chi connectivity index (χ1v) is 6.37. The zero-order valence-corrected chi connectivity index (χ0v) is 11.6. The van der Waals surface area contributed by atoms with Gasteiger partial charge in [-0.3, -0.25) is 4.79 Å². The standard InChI is InChI=1S/C11H13IN2O3/c1-16-11-9(8(12)2-4-13-11)10(15)14-7-3-5-17-6-7/h2,4,7H,3,5-6H2,1H3,(H,14,15). The average molecular weight is 348 g/mol. The molecule has 0 bridgehead atoms. The van der Waals surface area contributed by atoms with Gasteiger partial charge in [0.15, 0.2) is 0 Å². The predicted molar refractivity (Wildman–Crippen MR) is 70.2 cm³/mol. The molecule has 1 fully saturated rings. The molecule has 0 spiro atoms. The first-order valence-electron chi connectivity index (χ1n) is 5.29. The maximum atomic E-state index is 12.1. The number of carbonyl (C=O) groups is 1. The van der Waals surface area contributed by atoms with Gasteiger partial charge in [-0.15, -0.1) is 0 Å². The van der Waals surface area contributed by atoms with Gasteiger partial charge in [-0.2, -0.15) is 0 Å². The van der Waals surface area contributed by atoms with E-state index in [0.717, 1.165) is 9.99 Å². The molecule has 5 nitrogen and oxygen atoms in total. The molecule has 1 N–H and O–H groups in total. The zero-order valence-electron chi connectivity index (χ0n) is 9.40. The molecule has 92 valence electrons. The second-order valence-corrected chi connectivity index (χ2v) is 4.87. The van der Waals surface area contributed by atoms with Crippen molar-refractivity contribution in [1.29, 1.82) is 0 Å². The van der Waals surface area contributed by atoms with E-state index < -0.39 is 0 Å². The van der Waals surface area contributed by atoms with Crippen molar-refractivity contribution in [3.05, 3.63) is 21.4 Å². The molecule has 1 unspecified atom stereocenters. The Kier molecular flexibility index (Phi) is 4.16. The van der Waals surface area contributed by atoms with Gasteiger partial charge in [-0.25, -0.2) is 4.98 Å². The van der Waals surface area contributed by atoms with E-state index in [4.69, 9.17) is 9.47 Å². The summed E-state index contributed by atoms with van der Waals surface area (Å²) in [5, 5.41) is 2.92. The second-order valence-electron chi connectivity index (χ2n) is 3.71. The van der Waals surface area contributed by atoms with Gasteiger partial charge in [0.2, 0.25) is 5.88 Å². The summed E-state index contributed by atoms with van der Waals surface area (Å²) in [7, 11) is 1.51. The Balaban J connectivity index is 2.17. The number of nitrogens with zero attached hydrogens (tertiary/aromatic N) is 1. The molecule has 1 aromatic rings. The van der Waals surface area contributed by atoms with E-state index in [0.29, 0.717) is 24.7 Å². The van der Waals surface area contributed by atoms with Gasteiger partial charge in [-0.1, -0.05) is 0 Å². The lowest BCUT2D eigenvalue weighted by Crippen LogP contribution is -2.35. The van der Waals surface area contributed by atoms with Crippen LogP contribution in [-0.2, 0) is 4.74 Å². The number of pyridine rings is 1. The van der Waals surface area contributed by atoms with E-state index >= 15 is 0 Å². The van der Waals surface area contributed by atoms with Crippen LogP contribution in [0.1, 0.15) is 16.8 Å². The fourth-order valence-corrected chi connectivity index (χ4v) is 2.32. The number of carbonyl (C=O) groups excluding carboxylic acids is 1. The summed E-state index contributed by atoms with van der Waals surface area (Å²) in [6, 6.07) is 1.87. The molecule has 0 radical (unpaired) electrons. The first kappa shape index (κ1) is 12.6. The number of halogens is 1. The zero-order chi connectivity index (χ0) is 12.3. The van der Waals surface area contributed by atoms with Crippen molar-refractivity contribution in [2.24, 2.45) is 0 Å². The number of nitrogens with one attached hydrogen (secondary N) is 1. The Hall–Kier alpha value is -0.890. The van der Waals surface area contributed by atoms with Gasteiger partial charge in [-0.05, 0) is 35.1 Å². The molecule has 1 saturated heterocycles. The van der Waals surface area contributed by atoms with Crippen LogP contribution in [0.15, 0.2) is 12.3 Å². The van der Waals surface area contributed by atoms with Crippen LogP contribution in [0.25, 0.3) is 0 Å². The molecule has 17 heavy (non-hydrogen) atoms. The van der Waals surface area contributed by atoms with E-state index in [1.807, 2.05) is 0 Å². The van der Waals surface area contributed by atoms with Crippen molar-refractivity contribution >= 4 is 28.5 Å². The van der Waals surface area contributed by atoms with Crippen LogP contribution in [0, 0.1) is 3.57 Å². The van der Waals surface area contributed by atoms with Crippen molar-refractivity contribution in [1.82, 2.24) is 10.3 Å². The summed E-state index contributed by atoms with van der Waals surface area (Å²) < 4.78 is 11.1. The van der Waals surface area contributed by atoms with Crippen molar-refractivity contribution in [2.45, 2.75) is 12.5 Å². The lowest BCUT2D eigenvalue weighted by Gasteiger charge is -2.13. The second kappa shape index (κ2) is 5.63. The number of rotatable bonds is 3. The fraction of sp³-hybridized carbons (Fsp3) is 0.455. The average Bonchev–Trinajstić information content (AvgIpc) is 2.81. The number of ether oxygens (including phenoxy) is 2. The molecule has 0 aromatic carbocycles. The molecule has 0 saturated carbocycles. The minimum Gasteiger partial charge on any atom is -0.480 e. The first-order chi connectivity index (χ1) is 8.22. The molecular weight excluding hydrogens is 335 g/mol.